The molecule has 0 heterocycles. The predicted molar refractivity (Wildman–Crippen MR) is 75.5 cm³/mol. The van der Waals surface area contributed by atoms with Crippen LogP contribution in [0.1, 0.15) is 39.7 Å². The fourth-order valence-corrected chi connectivity index (χ4v) is 3.20. The minimum Gasteiger partial charge on any atom is -0.327 e. The van der Waals surface area contributed by atoms with Gasteiger partial charge in [0.1, 0.15) is 0 Å². The largest absolute Gasteiger partial charge is 0.327 e. The van der Waals surface area contributed by atoms with Crippen molar-refractivity contribution in [1.82, 2.24) is 0 Å². The lowest BCUT2D eigenvalue weighted by atomic mass is 9.87. The van der Waals surface area contributed by atoms with E-state index >= 15 is 0 Å². The van der Waals surface area contributed by atoms with E-state index in [2.05, 4.69) is 20.8 Å². The number of rotatable bonds is 4. The van der Waals surface area contributed by atoms with Crippen molar-refractivity contribution in [3.63, 3.8) is 0 Å². The zero-order chi connectivity index (χ0) is 14.0. The lowest BCUT2D eigenvalue weighted by molar-refractivity contribution is 0.580. The number of nitrogens with two attached hydrogens (primary N) is 1. The Hall–Kier alpha value is -0.870. The highest BCUT2D eigenvalue weighted by molar-refractivity contribution is 7.91. The van der Waals surface area contributed by atoms with Crippen LogP contribution < -0.4 is 5.73 Å². The third kappa shape index (κ3) is 3.82. The third-order valence-corrected chi connectivity index (χ3v) is 4.89. The first-order chi connectivity index (χ1) is 8.16. The molecular formula is C14H23NO2S. The molecular weight excluding hydrogens is 246 g/mol. The lowest BCUT2D eigenvalue weighted by Gasteiger charge is -2.19. The maximum absolute atomic E-state index is 12.1. The summed E-state index contributed by atoms with van der Waals surface area (Å²) in [5.74, 6) is 0.0123. The Morgan fingerprint density at radius 2 is 1.67 bits per heavy atom. The van der Waals surface area contributed by atoms with Gasteiger partial charge in [-0.05, 0) is 29.5 Å². The van der Waals surface area contributed by atoms with E-state index < -0.39 is 9.84 Å². The maximum atomic E-state index is 12.1. The van der Waals surface area contributed by atoms with E-state index in [0.29, 0.717) is 11.3 Å². The highest BCUT2D eigenvalue weighted by Crippen LogP contribution is 2.23. The zero-order valence-electron chi connectivity index (χ0n) is 11.6. The van der Waals surface area contributed by atoms with Crippen molar-refractivity contribution >= 4 is 9.84 Å². The minimum atomic E-state index is -3.26. The van der Waals surface area contributed by atoms with E-state index in [9.17, 15) is 8.42 Å². The summed E-state index contributed by atoms with van der Waals surface area (Å²) in [7, 11) is -3.26. The first-order valence-electron chi connectivity index (χ1n) is 6.25. The minimum absolute atomic E-state index is 0.0123. The van der Waals surface area contributed by atoms with Gasteiger partial charge in [0.25, 0.3) is 0 Å². The van der Waals surface area contributed by atoms with Crippen molar-refractivity contribution in [3.8, 4) is 0 Å². The van der Waals surface area contributed by atoms with Crippen molar-refractivity contribution < 1.29 is 8.42 Å². The summed E-state index contributed by atoms with van der Waals surface area (Å²) < 4.78 is 24.2. The van der Waals surface area contributed by atoms with Gasteiger partial charge in [0.05, 0.1) is 10.6 Å². The van der Waals surface area contributed by atoms with Crippen molar-refractivity contribution in [2.45, 2.75) is 50.5 Å². The average Bonchev–Trinajstić information content (AvgIpc) is 2.27. The van der Waals surface area contributed by atoms with E-state index in [1.165, 1.54) is 0 Å². The Kier molecular flexibility index (Phi) is 4.56. The Labute approximate surface area is 110 Å². The Balaban J connectivity index is 2.98. The predicted octanol–water partition coefficient (Wildman–Crippen LogP) is 2.50. The zero-order valence-corrected chi connectivity index (χ0v) is 12.4. The molecule has 0 spiro atoms. The molecule has 1 unspecified atom stereocenters. The summed E-state index contributed by atoms with van der Waals surface area (Å²) in [6, 6.07) is 6.82. The molecule has 0 radical (unpaired) electrons. The molecule has 0 aromatic heterocycles. The van der Waals surface area contributed by atoms with E-state index in [1.54, 1.807) is 12.1 Å². The topological polar surface area (TPSA) is 60.2 Å². The molecule has 0 aliphatic rings. The van der Waals surface area contributed by atoms with Gasteiger partial charge in [0.15, 0.2) is 9.84 Å². The Bertz CT molecular complexity index is 484. The summed E-state index contributed by atoms with van der Waals surface area (Å²) in [5.41, 5.74) is 6.87. The molecule has 1 aromatic rings. The molecule has 1 rings (SSSR count). The molecule has 1 atom stereocenters. The Morgan fingerprint density at radius 3 is 2.06 bits per heavy atom. The van der Waals surface area contributed by atoms with E-state index in [-0.39, 0.29) is 17.2 Å². The van der Waals surface area contributed by atoms with Crippen LogP contribution in [-0.2, 0) is 15.3 Å². The van der Waals surface area contributed by atoms with Crippen LogP contribution in [0, 0.1) is 0 Å². The second-order valence-electron chi connectivity index (χ2n) is 5.72. The molecule has 0 aliphatic carbocycles. The summed E-state index contributed by atoms with van der Waals surface area (Å²) in [6.07, 6.45) is 0.666. The molecule has 3 nitrogen and oxygen atoms in total. The van der Waals surface area contributed by atoms with Crippen LogP contribution in [-0.4, -0.2) is 20.2 Å². The van der Waals surface area contributed by atoms with E-state index in [4.69, 9.17) is 5.73 Å². The molecule has 0 saturated carbocycles. The second kappa shape index (κ2) is 5.41. The fourth-order valence-electron chi connectivity index (χ4n) is 1.66. The number of sulfone groups is 1. The van der Waals surface area contributed by atoms with Crippen LogP contribution in [0.15, 0.2) is 29.2 Å². The molecule has 0 bridgehead atoms. The normalized spacial score (nSPS) is 14.5. The third-order valence-electron chi connectivity index (χ3n) is 3.04. The van der Waals surface area contributed by atoms with Gasteiger partial charge in [-0.3, -0.25) is 0 Å². The summed E-state index contributed by atoms with van der Waals surface area (Å²) >= 11 is 0. The molecule has 18 heavy (non-hydrogen) atoms. The summed E-state index contributed by atoms with van der Waals surface area (Å²) in [5, 5.41) is 0. The summed E-state index contributed by atoms with van der Waals surface area (Å²) in [4.78, 5) is 0.361. The molecule has 0 aliphatic heterocycles. The van der Waals surface area contributed by atoms with E-state index in [1.807, 2.05) is 19.1 Å². The van der Waals surface area contributed by atoms with Gasteiger partial charge < -0.3 is 5.73 Å². The number of hydrogen-bond acceptors (Lipinski definition) is 3. The highest BCUT2D eigenvalue weighted by atomic mass is 32.2. The highest BCUT2D eigenvalue weighted by Gasteiger charge is 2.19. The molecule has 102 valence electrons. The van der Waals surface area contributed by atoms with E-state index in [0.717, 1.165) is 5.56 Å². The molecule has 0 saturated heterocycles. The van der Waals surface area contributed by atoms with Crippen LogP contribution in [0.2, 0.25) is 0 Å². The van der Waals surface area contributed by atoms with Gasteiger partial charge in [0.2, 0.25) is 0 Å². The van der Waals surface area contributed by atoms with Crippen LogP contribution in [0.5, 0.6) is 0 Å². The van der Waals surface area contributed by atoms with Crippen molar-refractivity contribution in [2.75, 3.05) is 5.75 Å². The maximum Gasteiger partial charge on any atom is 0.179 e. The molecule has 0 fully saturated rings. The fraction of sp³-hybridized carbons (Fsp3) is 0.571. The van der Waals surface area contributed by atoms with Crippen molar-refractivity contribution in [2.24, 2.45) is 5.73 Å². The van der Waals surface area contributed by atoms with Gasteiger partial charge in [-0.15, -0.1) is 0 Å². The Morgan fingerprint density at radius 1 is 1.17 bits per heavy atom. The quantitative estimate of drug-likeness (QED) is 0.913. The molecule has 0 amide bonds. The monoisotopic (exact) mass is 269 g/mol. The molecule has 1 aromatic carbocycles. The number of hydrogen-bond donors (Lipinski definition) is 1. The van der Waals surface area contributed by atoms with Gasteiger partial charge in [0, 0.05) is 6.04 Å². The standard InChI is InChI=1S/C14H23NO2S/c1-5-12(15)10-18(16,17)13-8-6-11(7-9-13)14(2,3)4/h6-9,12H,5,10,15H2,1-4H3. The second-order valence-corrected chi connectivity index (χ2v) is 7.76. The van der Waals surface area contributed by atoms with Gasteiger partial charge in [-0.1, -0.05) is 39.8 Å². The lowest BCUT2D eigenvalue weighted by Crippen LogP contribution is -2.28. The first-order valence-corrected chi connectivity index (χ1v) is 7.91. The van der Waals surface area contributed by atoms with Crippen LogP contribution in [0.25, 0.3) is 0 Å². The SMILES string of the molecule is CCC(N)CS(=O)(=O)c1ccc(C(C)(C)C)cc1. The van der Waals surface area contributed by atoms with Crippen molar-refractivity contribution in [1.29, 1.82) is 0 Å². The number of benzene rings is 1. The van der Waals surface area contributed by atoms with Crippen LogP contribution in [0.3, 0.4) is 0 Å². The van der Waals surface area contributed by atoms with Gasteiger partial charge in [-0.25, -0.2) is 8.42 Å². The smallest absolute Gasteiger partial charge is 0.179 e. The molecule has 2 N–H and O–H groups in total. The average molecular weight is 269 g/mol. The summed E-state index contributed by atoms with van der Waals surface area (Å²) in [6.45, 7) is 8.19. The van der Waals surface area contributed by atoms with Crippen LogP contribution in [0.4, 0.5) is 0 Å². The first kappa shape index (κ1) is 15.2. The molecule has 4 heteroatoms. The van der Waals surface area contributed by atoms with Gasteiger partial charge in [-0.2, -0.15) is 0 Å². The van der Waals surface area contributed by atoms with Gasteiger partial charge >= 0.3 is 0 Å². The van der Waals surface area contributed by atoms with Crippen molar-refractivity contribution in [3.05, 3.63) is 29.8 Å². The van der Waals surface area contributed by atoms with Crippen LogP contribution >= 0.6 is 0 Å².